The molecule has 2 aromatic heterocycles. The maximum Gasteiger partial charge on any atom is 0.228 e. The Kier molecular flexibility index (Phi) is 5.16. The van der Waals surface area contributed by atoms with Gasteiger partial charge in [0.1, 0.15) is 0 Å². The molecule has 0 unspecified atom stereocenters. The van der Waals surface area contributed by atoms with Crippen molar-refractivity contribution in [2.75, 3.05) is 26.6 Å². The highest BCUT2D eigenvalue weighted by molar-refractivity contribution is 5.94. The molecule has 0 aliphatic carbocycles. The first-order valence-corrected chi connectivity index (χ1v) is 8.35. The lowest BCUT2D eigenvalue weighted by Gasteiger charge is -2.14. The molecule has 0 bridgehead atoms. The van der Waals surface area contributed by atoms with Gasteiger partial charge in [-0.2, -0.15) is 5.10 Å². The average Bonchev–Trinajstić information content (AvgIpc) is 2.94. The van der Waals surface area contributed by atoms with Crippen molar-refractivity contribution in [1.82, 2.24) is 14.8 Å². The number of carbonyl (C=O) groups excluding carboxylic acids is 1. The Morgan fingerprint density at radius 2 is 1.78 bits per heavy atom. The van der Waals surface area contributed by atoms with E-state index in [4.69, 9.17) is 14.2 Å². The van der Waals surface area contributed by atoms with Gasteiger partial charge in [-0.15, -0.1) is 0 Å². The molecule has 3 rings (SSSR count). The number of amides is 1. The summed E-state index contributed by atoms with van der Waals surface area (Å²) in [5, 5.41) is 8.11. The molecule has 142 valence electrons. The predicted octanol–water partition coefficient (Wildman–Crippen LogP) is 2.48. The van der Waals surface area contributed by atoms with E-state index in [9.17, 15) is 4.79 Å². The summed E-state index contributed by atoms with van der Waals surface area (Å²) in [6.07, 6.45) is 1.78. The van der Waals surface area contributed by atoms with Crippen LogP contribution < -0.4 is 19.5 Å². The molecule has 2 heterocycles. The number of rotatable bonds is 6. The van der Waals surface area contributed by atoms with Gasteiger partial charge in [0.05, 0.1) is 45.3 Å². The third-order valence-corrected chi connectivity index (χ3v) is 4.24. The SMILES string of the molecule is COc1cc(CC(=O)Nc2cnc3c(c2)c(C)nn3C)cc(OC)c1OC. The number of nitrogens with one attached hydrogen (secondary N) is 1. The molecule has 0 spiro atoms. The normalized spacial score (nSPS) is 10.7. The second-order valence-corrected chi connectivity index (χ2v) is 6.06. The van der Waals surface area contributed by atoms with Gasteiger partial charge in [0, 0.05) is 12.4 Å². The van der Waals surface area contributed by atoms with Crippen LogP contribution in [0.25, 0.3) is 11.0 Å². The Morgan fingerprint density at radius 3 is 2.37 bits per heavy atom. The number of aromatic nitrogens is 3. The molecular weight excluding hydrogens is 348 g/mol. The zero-order valence-electron chi connectivity index (χ0n) is 16.0. The zero-order valence-corrected chi connectivity index (χ0v) is 16.0. The van der Waals surface area contributed by atoms with Crippen LogP contribution in [0, 0.1) is 6.92 Å². The minimum atomic E-state index is -0.174. The van der Waals surface area contributed by atoms with E-state index in [2.05, 4.69) is 15.4 Å². The van der Waals surface area contributed by atoms with Crippen molar-refractivity contribution in [1.29, 1.82) is 0 Å². The highest BCUT2D eigenvalue weighted by Crippen LogP contribution is 2.38. The van der Waals surface area contributed by atoms with Gasteiger partial charge in [-0.05, 0) is 30.7 Å². The lowest BCUT2D eigenvalue weighted by atomic mass is 10.1. The lowest BCUT2D eigenvalue weighted by Crippen LogP contribution is -2.15. The summed E-state index contributed by atoms with van der Waals surface area (Å²) >= 11 is 0. The highest BCUT2D eigenvalue weighted by atomic mass is 16.5. The summed E-state index contributed by atoms with van der Waals surface area (Å²) in [5.41, 5.74) is 3.00. The van der Waals surface area contributed by atoms with Crippen LogP contribution in [0.1, 0.15) is 11.3 Å². The number of anilines is 1. The van der Waals surface area contributed by atoms with Crippen LogP contribution in [0.5, 0.6) is 17.2 Å². The van der Waals surface area contributed by atoms with Crippen LogP contribution in [-0.2, 0) is 18.3 Å². The van der Waals surface area contributed by atoms with Crippen molar-refractivity contribution >= 4 is 22.6 Å². The van der Waals surface area contributed by atoms with E-state index >= 15 is 0 Å². The molecule has 0 radical (unpaired) electrons. The topological polar surface area (TPSA) is 87.5 Å². The Balaban J connectivity index is 1.80. The van der Waals surface area contributed by atoms with Crippen LogP contribution in [0.3, 0.4) is 0 Å². The molecule has 1 N–H and O–H groups in total. The third-order valence-electron chi connectivity index (χ3n) is 4.24. The zero-order chi connectivity index (χ0) is 19.6. The van der Waals surface area contributed by atoms with Crippen molar-refractivity contribution < 1.29 is 19.0 Å². The predicted molar refractivity (Wildman–Crippen MR) is 102 cm³/mol. The molecular formula is C19H22N4O4. The van der Waals surface area contributed by atoms with Gasteiger partial charge in [-0.25, -0.2) is 4.98 Å². The van der Waals surface area contributed by atoms with Crippen LogP contribution >= 0.6 is 0 Å². The number of ether oxygens (including phenoxy) is 3. The largest absolute Gasteiger partial charge is 0.493 e. The number of hydrogen-bond acceptors (Lipinski definition) is 6. The Bertz CT molecular complexity index is 972. The first kappa shape index (κ1) is 18.5. The van der Waals surface area contributed by atoms with Crippen molar-refractivity contribution in [2.45, 2.75) is 13.3 Å². The third kappa shape index (κ3) is 3.64. The van der Waals surface area contributed by atoms with E-state index in [0.717, 1.165) is 22.3 Å². The summed E-state index contributed by atoms with van der Waals surface area (Å²) in [6.45, 7) is 1.91. The van der Waals surface area contributed by atoms with E-state index in [1.807, 2.05) is 20.0 Å². The quantitative estimate of drug-likeness (QED) is 0.717. The fourth-order valence-electron chi connectivity index (χ4n) is 3.00. The first-order chi connectivity index (χ1) is 13.0. The van der Waals surface area contributed by atoms with Crippen molar-refractivity contribution in [3.63, 3.8) is 0 Å². The lowest BCUT2D eigenvalue weighted by molar-refractivity contribution is -0.115. The molecule has 8 heteroatoms. The second kappa shape index (κ2) is 7.53. The standard InChI is InChI=1S/C19H22N4O4/c1-11-14-9-13(10-20-19(14)23(2)22-11)21-17(24)8-12-6-15(25-3)18(27-5)16(7-12)26-4/h6-7,9-10H,8H2,1-5H3,(H,21,24). The molecule has 1 aromatic carbocycles. The molecule has 0 atom stereocenters. The Morgan fingerprint density at radius 1 is 1.11 bits per heavy atom. The maximum atomic E-state index is 12.5. The molecule has 0 saturated heterocycles. The first-order valence-electron chi connectivity index (χ1n) is 8.35. The molecule has 8 nitrogen and oxygen atoms in total. The number of methoxy groups -OCH3 is 3. The number of pyridine rings is 1. The van der Waals surface area contributed by atoms with Crippen molar-refractivity contribution in [3.8, 4) is 17.2 Å². The van der Waals surface area contributed by atoms with E-state index in [-0.39, 0.29) is 12.3 Å². The average molecular weight is 370 g/mol. The summed E-state index contributed by atoms with van der Waals surface area (Å²) in [6, 6.07) is 5.39. The number of hydrogen-bond donors (Lipinski definition) is 1. The second-order valence-electron chi connectivity index (χ2n) is 6.06. The van der Waals surface area contributed by atoms with Gasteiger partial charge < -0.3 is 19.5 Å². The van der Waals surface area contributed by atoms with Gasteiger partial charge >= 0.3 is 0 Å². The Hall–Kier alpha value is -3.29. The fraction of sp³-hybridized carbons (Fsp3) is 0.316. The minimum absolute atomic E-state index is 0.154. The van der Waals surface area contributed by atoms with E-state index in [1.165, 1.54) is 21.3 Å². The molecule has 0 saturated carbocycles. The molecule has 1 amide bonds. The summed E-state index contributed by atoms with van der Waals surface area (Å²) < 4.78 is 17.7. The maximum absolute atomic E-state index is 12.5. The molecule has 0 aliphatic heterocycles. The van der Waals surface area contributed by atoms with Gasteiger partial charge in [-0.1, -0.05) is 0 Å². The Labute approximate surface area is 157 Å². The van der Waals surface area contributed by atoms with Gasteiger partial charge in [0.15, 0.2) is 17.1 Å². The van der Waals surface area contributed by atoms with Crippen molar-refractivity contribution in [3.05, 3.63) is 35.7 Å². The van der Waals surface area contributed by atoms with Gasteiger partial charge in [0.25, 0.3) is 0 Å². The minimum Gasteiger partial charge on any atom is -0.493 e. The van der Waals surface area contributed by atoms with Gasteiger partial charge in [-0.3, -0.25) is 9.48 Å². The van der Waals surface area contributed by atoms with Crippen LogP contribution in [0.2, 0.25) is 0 Å². The summed E-state index contributed by atoms with van der Waals surface area (Å²) in [7, 11) is 6.46. The number of benzene rings is 1. The monoisotopic (exact) mass is 370 g/mol. The van der Waals surface area contributed by atoms with Crippen LogP contribution in [0.15, 0.2) is 24.4 Å². The van der Waals surface area contributed by atoms with E-state index in [0.29, 0.717) is 22.9 Å². The number of carbonyl (C=O) groups is 1. The summed E-state index contributed by atoms with van der Waals surface area (Å²) in [4.78, 5) is 16.9. The molecule has 27 heavy (non-hydrogen) atoms. The van der Waals surface area contributed by atoms with E-state index in [1.54, 1.807) is 23.0 Å². The van der Waals surface area contributed by atoms with Gasteiger partial charge in [0.2, 0.25) is 11.7 Å². The van der Waals surface area contributed by atoms with E-state index < -0.39 is 0 Å². The van der Waals surface area contributed by atoms with Crippen molar-refractivity contribution in [2.24, 2.45) is 7.05 Å². The molecule has 0 fully saturated rings. The highest BCUT2D eigenvalue weighted by Gasteiger charge is 2.15. The molecule has 0 aliphatic rings. The fourth-order valence-corrected chi connectivity index (χ4v) is 3.00. The summed E-state index contributed by atoms with van der Waals surface area (Å²) in [5.74, 6) is 1.33. The number of fused-ring (bicyclic) bond motifs is 1. The van der Waals surface area contributed by atoms with Crippen LogP contribution in [-0.4, -0.2) is 42.0 Å². The number of nitrogens with zero attached hydrogens (tertiary/aromatic N) is 3. The smallest absolute Gasteiger partial charge is 0.228 e. The number of aryl methyl sites for hydroxylation is 2. The van der Waals surface area contributed by atoms with Crippen LogP contribution in [0.4, 0.5) is 5.69 Å². The molecule has 3 aromatic rings.